The predicted molar refractivity (Wildman–Crippen MR) is 54.6 cm³/mol. The third kappa shape index (κ3) is 4.58. The summed E-state index contributed by atoms with van der Waals surface area (Å²) in [4.78, 5) is 11.4. The van der Waals surface area contributed by atoms with Gasteiger partial charge in [0.05, 0.1) is 12.2 Å². The van der Waals surface area contributed by atoms with Crippen LogP contribution >= 0.6 is 0 Å². The van der Waals surface area contributed by atoms with Crippen molar-refractivity contribution in [2.75, 3.05) is 27.1 Å². The lowest BCUT2D eigenvalue weighted by Crippen LogP contribution is -2.11. The summed E-state index contributed by atoms with van der Waals surface area (Å²) in [5, 5.41) is 0. The largest absolute Gasteiger partial charge is 0.460 e. The van der Waals surface area contributed by atoms with Gasteiger partial charge >= 0.3 is 5.97 Å². The Bertz CT molecular complexity index is 284. The molecular formula is C11H14O4. The Balaban J connectivity index is 2.20. The molecule has 0 aliphatic heterocycles. The molecule has 15 heavy (non-hydrogen) atoms. The standard InChI is InChI=1S/C11H14O4/c1-13-9-14-7-8-15-11(12)10-5-3-2-4-6-10/h2-6H,7-9H2,1H3. The molecule has 0 N–H and O–H groups in total. The van der Waals surface area contributed by atoms with E-state index >= 15 is 0 Å². The van der Waals surface area contributed by atoms with Gasteiger partial charge in [0.15, 0.2) is 0 Å². The van der Waals surface area contributed by atoms with Gasteiger partial charge in [-0.05, 0) is 12.1 Å². The molecule has 0 saturated carbocycles. The summed E-state index contributed by atoms with van der Waals surface area (Å²) in [6, 6.07) is 8.84. The van der Waals surface area contributed by atoms with E-state index in [4.69, 9.17) is 9.47 Å². The van der Waals surface area contributed by atoms with E-state index in [1.54, 1.807) is 24.3 Å². The third-order valence-electron chi connectivity index (χ3n) is 1.67. The molecule has 0 heterocycles. The Morgan fingerprint density at radius 1 is 1.20 bits per heavy atom. The van der Waals surface area contributed by atoms with Crippen LogP contribution in [-0.4, -0.2) is 33.1 Å². The minimum atomic E-state index is -0.336. The number of methoxy groups -OCH3 is 1. The van der Waals surface area contributed by atoms with Gasteiger partial charge in [-0.25, -0.2) is 4.79 Å². The maximum Gasteiger partial charge on any atom is 0.338 e. The Hall–Kier alpha value is -1.39. The van der Waals surface area contributed by atoms with Crippen molar-refractivity contribution in [3.8, 4) is 0 Å². The van der Waals surface area contributed by atoms with E-state index in [-0.39, 0.29) is 19.4 Å². The second kappa shape index (κ2) is 6.98. The average molecular weight is 210 g/mol. The minimum Gasteiger partial charge on any atom is -0.460 e. The fraction of sp³-hybridized carbons (Fsp3) is 0.364. The van der Waals surface area contributed by atoms with E-state index in [0.717, 1.165) is 0 Å². The normalized spacial score (nSPS) is 9.93. The summed E-state index contributed by atoms with van der Waals surface area (Å²) in [7, 11) is 1.54. The van der Waals surface area contributed by atoms with Crippen LogP contribution < -0.4 is 0 Å². The highest BCUT2D eigenvalue weighted by atomic mass is 16.7. The molecule has 0 amide bonds. The van der Waals surface area contributed by atoms with E-state index in [2.05, 4.69) is 4.74 Å². The first-order valence-corrected chi connectivity index (χ1v) is 4.63. The van der Waals surface area contributed by atoms with E-state index < -0.39 is 0 Å². The minimum absolute atomic E-state index is 0.211. The van der Waals surface area contributed by atoms with Gasteiger partial charge in [0, 0.05) is 7.11 Å². The zero-order valence-corrected chi connectivity index (χ0v) is 8.64. The molecule has 0 aromatic heterocycles. The van der Waals surface area contributed by atoms with Crippen LogP contribution in [-0.2, 0) is 14.2 Å². The maximum atomic E-state index is 11.4. The number of hydrogen-bond acceptors (Lipinski definition) is 4. The third-order valence-corrected chi connectivity index (χ3v) is 1.67. The van der Waals surface area contributed by atoms with Crippen molar-refractivity contribution in [2.24, 2.45) is 0 Å². The van der Waals surface area contributed by atoms with Gasteiger partial charge in [-0.2, -0.15) is 0 Å². The van der Waals surface area contributed by atoms with Crippen LogP contribution in [0.5, 0.6) is 0 Å². The van der Waals surface area contributed by atoms with Gasteiger partial charge in [-0.15, -0.1) is 0 Å². The first-order chi connectivity index (χ1) is 7.34. The number of carbonyl (C=O) groups excluding carboxylic acids is 1. The Morgan fingerprint density at radius 2 is 1.93 bits per heavy atom. The van der Waals surface area contributed by atoms with Crippen molar-refractivity contribution in [1.82, 2.24) is 0 Å². The lowest BCUT2D eigenvalue weighted by Gasteiger charge is -2.04. The lowest BCUT2D eigenvalue weighted by molar-refractivity contribution is -0.0453. The van der Waals surface area contributed by atoms with Crippen LogP contribution in [0.2, 0.25) is 0 Å². The van der Waals surface area contributed by atoms with Gasteiger partial charge in [0.1, 0.15) is 13.4 Å². The van der Waals surface area contributed by atoms with Crippen molar-refractivity contribution < 1.29 is 19.0 Å². The molecular weight excluding hydrogens is 196 g/mol. The first kappa shape index (κ1) is 11.7. The predicted octanol–water partition coefficient (Wildman–Crippen LogP) is 1.46. The molecule has 0 saturated heterocycles. The van der Waals surface area contributed by atoms with E-state index in [1.807, 2.05) is 6.07 Å². The summed E-state index contributed by atoms with van der Waals surface area (Å²) in [6.07, 6.45) is 0. The molecule has 0 fully saturated rings. The van der Waals surface area contributed by atoms with Crippen molar-refractivity contribution in [3.63, 3.8) is 0 Å². The molecule has 0 aliphatic rings. The summed E-state index contributed by atoms with van der Waals surface area (Å²) in [5.74, 6) is -0.336. The molecule has 82 valence electrons. The highest BCUT2D eigenvalue weighted by Gasteiger charge is 2.04. The molecule has 4 heteroatoms. The second-order valence-electron chi connectivity index (χ2n) is 2.82. The topological polar surface area (TPSA) is 44.8 Å². The number of hydrogen-bond donors (Lipinski definition) is 0. The fourth-order valence-electron chi connectivity index (χ4n) is 0.993. The van der Waals surface area contributed by atoms with Crippen molar-refractivity contribution in [3.05, 3.63) is 35.9 Å². The van der Waals surface area contributed by atoms with Crippen molar-refractivity contribution >= 4 is 5.97 Å². The SMILES string of the molecule is COCOCCOC(=O)c1ccccc1. The number of carbonyl (C=O) groups is 1. The van der Waals surface area contributed by atoms with Gasteiger partial charge in [-0.3, -0.25) is 0 Å². The molecule has 1 rings (SSSR count). The van der Waals surface area contributed by atoms with Gasteiger partial charge < -0.3 is 14.2 Å². The van der Waals surface area contributed by atoms with Crippen LogP contribution in [0.4, 0.5) is 0 Å². The van der Waals surface area contributed by atoms with Crippen LogP contribution in [0.1, 0.15) is 10.4 Å². The van der Waals surface area contributed by atoms with Crippen LogP contribution in [0, 0.1) is 0 Å². The molecule has 0 atom stereocenters. The molecule has 0 bridgehead atoms. The molecule has 1 aromatic rings. The zero-order valence-electron chi connectivity index (χ0n) is 8.64. The fourth-order valence-corrected chi connectivity index (χ4v) is 0.993. The Kier molecular flexibility index (Phi) is 5.43. The van der Waals surface area contributed by atoms with E-state index in [0.29, 0.717) is 12.2 Å². The highest BCUT2D eigenvalue weighted by Crippen LogP contribution is 2.00. The quantitative estimate of drug-likeness (QED) is 0.405. The average Bonchev–Trinajstić information content (AvgIpc) is 2.30. The maximum absolute atomic E-state index is 11.4. The van der Waals surface area contributed by atoms with Gasteiger partial charge in [0.25, 0.3) is 0 Å². The molecule has 0 radical (unpaired) electrons. The Labute approximate surface area is 88.8 Å². The molecule has 4 nitrogen and oxygen atoms in total. The first-order valence-electron chi connectivity index (χ1n) is 4.63. The Morgan fingerprint density at radius 3 is 2.60 bits per heavy atom. The highest BCUT2D eigenvalue weighted by molar-refractivity contribution is 5.89. The summed E-state index contributed by atoms with van der Waals surface area (Å²) >= 11 is 0. The molecule has 0 spiro atoms. The number of esters is 1. The molecule has 0 aliphatic carbocycles. The van der Waals surface area contributed by atoms with Crippen LogP contribution in [0.15, 0.2) is 30.3 Å². The number of rotatable bonds is 6. The molecule has 0 unspecified atom stereocenters. The zero-order chi connectivity index (χ0) is 10.9. The number of ether oxygens (including phenoxy) is 3. The summed E-state index contributed by atoms with van der Waals surface area (Å²) in [5.41, 5.74) is 0.546. The number of benzene rings is 1. The summed E-state index contributed by atoms with van der Waals surface area (Å²) in [6.45, 7) is 0.784. The van der Waals surface area contributed by atoms with E-state index in [1.165, 1.54) is 7.11 Å². The second-order valence-corrected chi connectivity index (χ2v) is 2.82. The van der Waals surface area contributed by atoms with Crippen molar-refractivity contribution in [1.29, 1.82) is 0 Å². The summed E-state index contributed by atoms with van der Waals surface area (Å²) < 4.78 is 14.6. The smallest absolute Gasteiger partial charge is 0.338 e. The van der Waals surface area contributed by atoms with Crippen LogP contribution in [0.25, 0.3) is 0 Å². The lowest BCUT2D eigenvalue weighted by atomic mass is 10.2. The van der Waals surface area contributed by atoms with Gasteiger partial charge in [0.2, 0.25) is 0 Å². The molecule has 1 aromatic carbocycles. The monoisotopic (exact) mass is 210 g/mol. The van der Waals surface area contributed by atoms with Crippen molar-refractivity contribution in [2.45, 2.75) is 0 Å². The van der Waals surface area contributed by atoms with Gasteiger partial charge in [-0.1, -0.05) is 18.2 Å². The van der Waals surface area contributed by atoms with Crippen LogP contribution in [0.3, 0.4) is 0 Å². The van der Waals surface area contributed by atoms with E-state index in [9.17, 15) is 4.79 Å².